The monoisotopic (exact) mass is 733 g/mol. The van der Waals surface area contributed by atoms with Gasteiger partial charge in [0.15, 0.2) is 17.5 Å². The van der Waals surface area contributed by atoms with Gasteiger partial charge in [0.2, 0.25) is 0 Å². The van der Waals surface area contributed by atoms with E-state index in [1.165, 1.54) is 20.3 Å². The highest BCUT2D eigenvalue weighted by atomic mass is 32.1. The first-order valence-corrected chi connectivity index (χ1v) is 19.5. The van der Waals surface area contributed by atoms with Crippen LogP contribution in [0.25, 0.3) is 110 Å². The van der Waals surface area contributed by atoms with Crippen molar-refractivity contribution < 1.29 is 4.42 Å². The van der Waals surface area contributed by atoms with Crippen LogP contribution < -0.4 is 0 Å². The summed E-state index contributed by atoms with van der Waals surface area (Å²) in [5.74, 6) is 1.94. The molecule has 262 valence electrons. The number of para-hydroxylation sites is 1. The summed E-state index contributed by atoms with van der Waals surface area (Å²) in [5.41, 5.74) is 11.5. The van der Waals surface area contributed by atoms with E-state index in [1.807, 2.05) is 36.4 Å². The maximum atomic E-state index is 6.47. The molecular weight excluding hydrogens is 703 g/mol. The molecule has 3 aromatic heterocycles. The Labute approximate surface area is 327 Å². The van der Waals surface area contributed by atoms with Crippen LogP contribution in [0.15, 0.2) is 192 Å². The summed E-state index contributed by atoms with van der Waals surface area (Å²) >= 11 is 1.80. The molecule has 0 bridgehead atoms. The number of thiophene rings is 1. The van der Waals surface area contributed by atoms with Gasteiger partial charge in [0, 0.05) is 47.6 Å². The molecule has 0 radical (unpaired) electrons. The van der Waals surface area contributed by atoms with Gasteiger partial charge < -0.3 is 4.42 Å². The van der Waals surface area contributed by atoms with E-state index in [0.717, 1.165) is 71.8 Å². The van der Waals surface area contributed by atoms with Crippen LogP contribution in [0.5, 0.6) is 0 Å². The predicted molar refractivity (Wildman–Crippen MR) is 233 cm³/mol. The van der Waals surface area contributed by atoms with Crippen molar-refractivity contribution in [3.05, 3.63) is 188 Å². The van der Waals surface area contributed by atoms with Gasteiger partial charge in [-0.2, -0.15) is 0 Å². The molecule has 0 amide bonds. The van der Waals surface area contributed by atoms with Gasteiger partial charge in [-0.1, -0.05) is 158 Å². The van der Waals surface area contributed by atoms with E-state index in [0.29, 0.717) is 17.5 Å². The Bertz CT molecular complexity index is 3230. The number of hydrogen-bond donors (Lipinski definition) is 0. The highest BCUT2D eigenvalue weighted by Gasteiger charge is 2.19. The van der Waals surface area contributed by atoms with Crippen LogP contribution in [0.4, 0.5) is 0 Å². The molecule has 56 heavy (non-hydrogen) atoms. The SMILES string of the molecule is c1ccc(-c2ccc(-c3nc(-c4ccccc4)nc(-c4cccc5sc6cc(-c7cc(-c8ccccc8)cc8oc9ccccc9c78)ccc6c45)n3)cc2)cc1. The van der Waals surface area contributed by atoms with Crippen molar-refractivity contribution in [1.82, 2.24) is 15.0 Å². The second-order valence-electron chi connectivity index (χ2n) is 14.0. The van der Waals surface area contributed by atoms with Crippen molar-refractivity contribution in [3.63, 3.8) is 0 Å². The van der Waals surface area contributed by atoms with Gasteiger partial charge in [0.25, 0.3) is 0 Å². The first-order chi connectivity index (χ1) is 27.7. The Balaban J connectivity index is 1.08. The smallest absolute Gasteiger partial charge is 0.164 e. The minimum atomic E-state index is 0.641. The summed E-state index contributed by atoms with van der Waals surface area (Å²) in [6.07, 6.45) is 0. The lowest BCUT2D eigenvalue weighted by molar-refractivity contribution is 0.669. The zero-order chi connectivity index (χ0) is 37.0. The number of fused-ring (bicyclic) bond motifs is 6. The summed E-state index contributed by atoms with van der Waals surface area (Å²) in [6, 6.07) is 65.7. The van der Waals surface area contributed by atoms with Crippen LogP contribution in [0, 0.1) is 0 Å². The van der Waals surface area contributed by atoms with E-state index in [1.54, 1.807) is 11.3 Å². The molecule has 5 heteroatoms. The fourth-order valence-electron chi connectivity index (χ4n) is 7.84. The molecule has 0 aliphatic rings. The number of hydrogen-bond acceptors (Lipinski definition) is 5. The lowest BCUT2D eigenvalue weighted by atomic mass is 9.94. The molecule has 11 aromatic rings. The van der Waals surface area contributed by atoms with Gasteiger partial charge in [-0.05, 0) is 63.7 Å². The van der Waals surface area contributed by atoms with Crippen molar-refractivity contribution in [2.45, 2.75) is 0 Å². The van der Waals surface area contributed by atoms with Gasteiger partial charge in [-0.3, -0.25) is 0 Å². The number of furan rings is 1. The largest absolute Gasteiger partial charge is 0.456 e. The van der Waals surface area contributed by atoms with E-state index in [-0.39, 0.29) is 0 Å². The topological polar surface area (TPSA) is 51.8 Å². The third-order valence-corrected chi connectivity index (χ3v) is 11.7. The molecule has 0 aliphatic carbocycles. The lowest BCUT2D eigenvalue weighted by Crippen LogP contribution is -2.00. The van der Waals surface area contributed by atoms with Crippen LogP contribution in [-0.2, 0) is 0 Å². The maximum absolute atomic E-state index is 6.47. The number of nitrogens with zero attached hydrogens (tertiary/aromatic N) is 3. The predicted octanol–water partition coefficient (Wildman–Crippen LogP) is 14.1. The van der Waals surface area contributed by atoms with Crippen LogP contribution in [0.2, 0.25) is 0 Å². The van der Waals surface area contributed by atoms with E-state index in [2.05, 4.69) is 152 Å². The zero-order valence-corrected chi connectivity index (χ0v) is 30.9. The zero-order valence-electron chi connectivity index (χ0n) is 30.1. The number of rotatable bonds is 6. The fourth-order valence-corrected chi connectivity index (χ4v) is 9.01. The molecule has 0 N–H and O–H groups in total. The lowest BCUT2D eigenvalue weighted by Gasteiger charge is -2.10. The first-order valence-electron chi connectivity index (χ1n) is 18.7. The Morgan fingerprint density at radius 3 is 1.62 bits per heavy atom. The highest BCUT2D eigenvalue weighted by Crippen LogP contribution is 2.44. The van der Waals surface area contributed by atoms with Crippen molar-refractivity contribution >= 4 is 53.4 Å². The van der Waals surface area contributed by atoms with Crippen molar-refractivity contribution in [1.29, 1.82) is 0 Å². The third kappa shape index (κ3) is 5.56. The van der Waals surface area contributed by atoms with Crippen LogP contribution in [0.1, 0.15) is 0 Å². The standard InChI is InChI=1S/C51H31N3OS/c1-4-13-32(14-5-1)34-23-25-36(26-24-34)50-52-49(35-17-8-3-9-18-35)53-51(54-50)41-20-12-22-45-48(41)40-28-27-37(31-46(40)56-45)42-29-38(33-15-6-2-7-16-33)30-44-47(42)39-19-10-11-21-43(39)55-44/h1-31H. The fraction of sp³-hybridized carbons (Fsp3) is 0. The minimum Gasteiger partial charge on any atom is -0.456 e. The van der Waals surface area contributed by atoms with Crippen molar-refractivity contribution in [2.75, 3.05) is 0 Å². The summed E-state index contributed by atoms with van der Waals surface area (Å²) < 4.78 is 8.85. The highest BCUT2D eigenvalue weighted by molar-refractivity contribution is 7.26. The van der Waals surface area contributed by atoms with E-state index in [9.17, 15) is 0 Å². The molecule has 0 unspecified atom stereocenters. The second kappa shape index (κ2) is 13.3. The molecule has 4 nitrogen and oxygen atoms in total. The average Bonchev–Trinajstić information content (AvgIpc) is 3.85. The summed E-state index contributed by atoms with van der Waals surface area (Å²) in [5, 5.41) is 4.56. The molecule has 0 atom stereocenters. The normalized spacial score (nSPS) is 11.6. The molecule has 0 saturated heterocycles. The molecule has 3 heterocycles. The Hall–Kier alpha value is -7.21. The quantitative estimate of drug-likeness (QED) is 0.171. The molecule has 0 spiro atoms. The molecule has 11 rings (SSSR count). The Kier molecular flexibility index (Phi) is 7.64. The average molecular weight is 734 g/mol. The van der Waals surface area contributed by atoms with E-state index < -0.39 is 0 Å². The van der Waals surface area contributed by atoms with Gasteiger partial charge in [-0.15, -0.1) is 11.3 Å². The van der Waals surface area contributed by atoms with Gasteiger partial charge in [-0.25, -0.2) is 15.0 Å². The molecular formula is C51H31N3OS. The van der Waals surface area contributed by atoms with Crippen LogP contribution in [0.3, 0.4) is 0 Å². The number of benzene rings is 8. The molecule has 0 saturated carbocycles. The first kappa shape index (κ1) is 32.2. The van der Waals surface area contributed by atoms with Crippen molar-refractivity contribution in [3.8, 4) is 67.5 Å². The third-order valence-electron chi connectivity index (χ3n) is 10.6. The summed E-state index contributed by atoms with van der Waals surface area (Å²) in [7, 11) is 0. The van der Waals surface area contributed by atoms with Gasteiger partial charge in [0.05, 0.1) is 0 Å². The second-order valence-corrected chi connectivity index (χ2v) is 15.1. The molecule has 0 aliphatic heterocycles. The molecule has 0 fully saturated rings. The minimum absolute atomic E-state index is 0.641. The Morgan fingerprint density at radius 1 is 0.321 bits per heavy atom. The van der Waals surface area contributed by atoms with Gasteiger partial charge >= 0.3 is 0 Å². The maximum Gasteiger partial charge on any atom is 0.164 e. The molecule has 8 aromatic carbocycles. The summed E-state index contributed by atoms with van der Waals surface area (Å²) in [4.78, 5) is 15.3. The number of aromatic nitrogens is 3. The van der Waals surface area contributed by atoms with Crippen LogP contribution in [-0.4, -0.2) is 15.0 Å². The Morgan fingerprint density at radius 2 is 0.893 bits per heavy atom. The van der Waals surface area contributed by atoms with Gasteiger partial charge in [0.1, 0.15) is 11.2 Å². The summed E-state index contributed by atoms with van der Waals surface area (Å²) in [6.45, 7) is 0. The van der Waals surface area contributed by atoms with Crippen LogP contribution >= 0.6 is 11.3 Å². The van der Waals surface area contributed by atoms with E-state index >= 15 is 0 Å². The van der Waals surface area contributed by atoms with Crippen molar-refractivity contribution in [2.24, 2.45) is 0 Å². The van der Waals surface area contributed by atoms with E-state index in [4.69, 9.17) is 19.4 Å².